The fourth-order valence-electron chi connectivity index (χ4n) is 1.96. The standard InChI is InChI=1S/C12H15ClN2O4/c13-10-2-1-9(15(17)18)7-11(10)19-8-12(16)3-5-14-6-4-12/h1-2,7,14,16H,3-6,8H2. The lowest BCUT2D eigenvalue weighted by Gasteiger charge is -2.32. The number of hydrogen-bond donors (Lipinski definition) is 2. The molecule has 1 aliphatic heterocycles. The first-order valence-electron chi connectivity index (χ1n) is 6.00. The van der Waals surface area contributed by atoms with E-state index < -0.39 is 10.5 Å². The average Bonchev–Trinajstić information content (AvgIpc) is 2.38. The van der Waals surface area contributed by atoms with Gasteiger partial charge in [0.05, 0.1) is 16.0 Å². The van der Waals surface area contributed by atoms with Crippen LogP contribution in [0.2, 0.25) is 5.02 Å². The fourth-order valence-corrected chi connectivity index (χ4v) is 2.14. The lowest BCUT2D eigenvalue weighted by Crippen LogP contribution is -2.46. The van der Waals surface area contributed by atoms with Crippen LogP contribution in [-0.4, -0.2) is 35.3 Å². The minimum absolute atomic E-state index is 0.0789. The number of non-ortho nitro benzene ring substituents is 1. The van der Waals surface area contributed by atoms with Crippen molar-refractivity contribution in [1.82, 2.24) is 5.32 Å². The molecule has 0 spiro atoms. The first-order valence-corrected chi connectivity index (χ1v) is 6.38. The molecule has 1 saturated heterocycles. The normalized spacial score (nSPS) is 18.0. The molecule has 2 N–H and O–H groups in total. The Kier molecular flexibility index (Phi) is 4.24. The van der Waals surface area contributed by atoms with E-state index in [2.05, 4.69) is 5.32 Å². The third kappa shape index (κ3) is 3.56. The number of nitro groups is 1. The molecule has 0 radical (unpaired) electrons. The van der Waals surface area contributed by atoms with Gasteiger partial charge >= 0.3 is 0 Å². The first-order chi connectivity index (χ1) is 9.00. The van der Waals surface area contributed by atoms with E-state index in [-0.39, 0.29) is 18.0 Å². The second-order valence-electron chi connectivity index (χ2n) is 4.63. The molecule has 0 aromatic heterocycles. The van der Waals surface area contributed by atoms with E-state index in [1.165, 1.54) is 18.2 Å². The number of rotatable bonds is 4. The van der Waals surface area contributed by atoms with Crippen molar-refractivity contribution in [2.75, 3.05) is 19.7 Å². The predicted octanol–water partition coefficient (Wildman–Crippen LogP) is 1.74. The predicted molar refractivity (Wildman–Crippen MR) is 70.7 cm³/mol. The third-order valence-electron chi connectivity index (χ3n) is 3.16. The van der Waals surface area contributed by atoms with Crippen molar-refractivity contribution in [1.29, 1.82) is 0 Å². The van der Waals surface area contributed by atoms with Crippen LogP contribution in [0.25, 0.3) is 0 Å². The number of nitrogens with one attached hydrogen (secondary N) is 1. The van der Waals surface area contributed by atoms with Gasteiger partial charge in [0.1, 0.15) is 18.0 Å². The summed E-state index contributed by atoms with van der Waals surface area (Å²) in [7, 11) is 0. The van der Waals surface area contributed by atoms with Crippen LogP contribution in [0.3, 0.4) is 0 Å². The Bertz CT molecular complexity index is 475. The molecule has 104 valence electrons. The van der Waals surface area contributed by atoms with Crippen molar-refractivity contribution in [2.24, 2.45) is 0 Å². The number of benzene rings is 1. The highest BCUT2D eigenvalue weighted by Crippen LogP contribution is 2.30. The zero-order valence-electron chi connectivity index (χ0n) is 10.3. The molecule has 6 nitrogen and oxygen atoms in total. The molecule has 1 fully saturated rings. The Morgan fingerprint density at radius 3 is 2.79 bits per heavy atom. The highest BCUT2D eigenvalue weighted by Gasteiger charge is 2.30. The summed E-state index contributed by atoms with van der Waals surface area (Å²) < 4.78 is 5.46. The molecule has 0 saturated carbocycles. The summed E-state index contributed by atoms with van der Waals surface area (Å²) in [5.74, 6) is 0.225. The molecule has 1 aromatic carbocycles. The van der Waals surface area contributed by atoms with Crippen LogP contribution in [0.1, 0.15) is 12.8 Å². The van der Waals surface area contributed by atoms with Crippen molar-refractivity contribution in [2.45, 2.75) is 18.4 Å². The summed E-state index contributed by atoms with van der Waals surface area (Å²) in [5, 5.41) is 24.4. The number of halogens is 1. The van der Waals surface area contributed by atoms with Crippen molar-refractivity contribution in [3.63, 3.8) is 0 Å². The second kappa shape index (κ2) is 5.73. The zero-order valence-corrected chi connectivity index (χ0v) is 11.0. The lowest BCUT2D eigenvalue weighted by molar-refractivity contribution is -0.384. The van der Waals surface area contributed by atoms with Crippen molar-refractivity contribution < 1.29 is 14.8 Å². The summed E-state index contributed by atoms with van der Waals surface area (Å²) in [6.07, 6.45) is 1.17. The molecule has 1 aliphatic rings. The Morgan fingerprint density at radius 1 is 1.47 bits per heavy atom. The molecule has 0 atom stereocenters. The Morgan fingerprint density at radius 2 is 2.16 bits per heavy atom. The number of ether oxygens (including phenoxy) is 1. The topological polar surface area (TPSA) is 84.6 Å². The van der Waals surface area contributed by atoms with Gasteiger partial charge in [-0.1, -0.05) is 11.6 Å². The molecular weight excluding hydrogens is 272 g/mol. The van der Waals surface area contributed by atoms with Gasteiger partial charge < -0.3 is 15.2 Å². The minimum atomic E-state index is -0.904. The van der Waals surface area contributed by atoms with Gasteiger partial charge in [-0.3, -0.25) is 10.1 Å². The molecule has 19 heavy (non-hydrogen) atoms. The number of aliphatic hydroxyl groups is 1. The number of nitrogens with zero attached hydrogens (tertiary/aromatic N) is 1. The minimum Gasteiger partial charge on any atom is -0.489 e. The number of piperidine rings is 1. The molecule has 7 heteroatoms. The molecule has 0 bridgehead atoms. The van der Waals surface area contributed by atoms with Crippen molar-refractivity contribution in [3.8, 4) is 5.75 Å². The van der Waals surface area contributed by atoms with E-state index in [0.29, 0.717) is 17.9 Å². The quantitative estimate of drug-likeness (QED) is 0.650. The highest BCUT2D eigenvalue weighted by atomic mass is 35.5. The summed E-state index contributed by atoms with van der Waals surface area (Å²) in [4.78, 5) is 10.2. The van der Waals surface area contributed by atoms with Crippen LogP contribution >= 0.6 is 11.6 Å². The Labute approximate surface area is 115 Å². The molecule has 0 aliphatic carbocycles. The first kappa shape index (κ1) is 14.0. The largest absolute Gasteiger partial charge is 0.489 e. The monoisotopic (exact) mass is 286 g/mol. The summed E-state index contributed by atoms with van der Waals surface area (Å²) in [6, 6.07) is 4.00. The smallest absolute Gasteiger partial charge is 0.273 e. The lowest BCUT2D eigenvalue weighted by atomic mass is 9.93. The van der Waals surface area contributed by atoms with E-state index in [1.54, 1.807) is 0 Å². The maximum absolute atomic E-state index is 10.7. The van der Waals surface area contributed by atoms with Crippen molar-refractivity contribution >= 4 is 17.3 Å². The summed E-state index contributed by atoms with van der Waals surface area (Å²) >= 11 is 5.92. The van der Waals surface area contributed by atoms with Crippen LogP contribution in [0.5, 0.6) is 5.75 Å². The van der Waals surface area contributed by atoms with Gasteiger partial charge in [-0.25, -0.2) is 0 Å². The maximum Gasteiger partial charge on any atom is 0.273 e. The average molecular weight is 287 g/mol. The van der Waals surface area contributed by atoms with E-state index in [4.69, 9.17) is 16.3 Å². The van der Waals surface area contributed by atoms with Gasteiger partial charge in [-0.15, -0.1) is 0 Å². The fraction of sp³-hybridized carbons (Fsp3) is 0.500. The van der Waals surface area contributed by atoms with Crippen LogP contribution in [0.4, 0.5) is 5.69 Å². The van der Waals surface area contributed by atoms with E-state index in [9.17, 15) is 15.2 Å². The van der Waals surface area contributed by atoms with Crippen LogP contribution in [-0.2, 0) is 0 Å². The van der Waals surface area contributed by atoms with Gasteiger partial charge in [-0.2, -0.15) is 0 Å². The third-order valence-corrected chi connectivity index (χ3v) is 3.47. The molecule has 1 aromatic rings. The Hall–Kier alpha value is -1.37. The van der Waals surface area contributed by atoms with E-state index in [0.717, 1.165) is 13.1 Å². The van der Waals surface area contributed by atoms with E-state index >= 15 is 0 Å². The maximum atomic E-state index is 10.7. The van der Waals surface area contributed by atoms with Gasteiger partial charge in [0.25, 0.3) is 5.69 Å². The van der Waals surface area contributed by atoms with Crippen LogP contribution in [0.15, 0.2) is 18.2 Å². The summed E-state index contributed by atoms with van der Waals surface area (Å²) in [5.41, 5.74) is -0.990. The van der Waals surface area contributed by atoms with Gasteiger partial charge in [0.2, 0.25) is 0 Å². The van der Waals surface area contributed by atoms with Crippen LogP contribution in [0, 0.1) is 10.1 Å². The molecular formula is C12H15ClN2O4. The van der Waals surface area contributed by atoms with Crippen LogP contribution < -0.4 is 10.1 Å². The van der Waals surface area contributed by atoms with Crippen molar-refractivity contribution in [3.05, 3.63) is 33.3 Å². The molecule has 2 rings (SSSR count). The Balaban J connectivity index is 2.06. The number of nitro benzene ring substituents is 1. The molecule has 0 unspecified atom stereocenters. The van der Waals surface area contributed by atoms with Gasteiger partial charge in [0, 0.05) is 6.07 Å². The molecule has 0 amide bonds. The van der Waals surface area contributed by atoms with Gasteiger partial charge in [0.15, 0.2) is 0 Å². The SMILES string of the molecule is O=[N+]([O-])c1ccc(Cl)c(OCC2(O)CCNCC2)c1. The highest BCUT2D eigenvalue weighted by molar-refractivity contribution is 6.32. The zero-order chi connectivity index (χ0) is 13.9. The molecule has 1 heterocycles. The van der Waals surface area contributed by atoms with E-state index in [1.807, 2.05) is 0 Å². The van der Waals surface area contributed by atoms with Gasteiger partial charge in [-0.05, 0) is 32.0 Å². The second-order valence-corrected chi connectivity index (χ2v) is 5.04. The number of hydrogen-bond acceptors (Lipinski definition) is 5. The summed E-state index contributed by atoms with van der Waals surface area (Å²) in [6.45, 7) is 1.53.